The van der Waals surface area contributed by atoms with Crippen molar-refractivity contribution in [2.75, 3.05) is 16.8 Å². The van der Waals surface area contributed by atoms with Crippen molar-refractivity contribution < 1.29 is 13.2 Å². The van der Waals surface area contributed by atoms with Crippen molar-refractivity contribution in [3.05, 3.63) is 11.8 Å². The van der Waals surface area contributed by atoms with Gasteiger partial charge in [-0.05, 0) is 12.8 Å². The summed E-state index contributed by atoms with van der Waals surface area (Å²) < 4.78 is 22.8. The molecule has 0 spiro atoms. The SMILES string of the molecule is CCS(=O)(=O)CC(=O)Nc1cc(C2CCCCCC2)[nH]n1. The molecular weight excluding hydrogens is 290 g/mol. The molecule has 118 valence electrons. The number of nitrogens with zero attached hydrogens (tertiary/aromatic N) is 1. The fourth-order valence-corrected chi connectivity index (χ4v) is 3.36. The first-order chi connectivity index (χ1) is 10.00. The Kier molecular flexibility index (Phi) is 5.39. The predicted octanol–water partition coefficient (Wildman–Crippen LogP) is 2.22. The number of hydrogen-bond acceptors (Lipinski definition) is 4. The lowest BCUT2D eigenvalue weighted by molar-refractivity contribution is -0.113. The fraction of sp³-hybridized carbons (Fsp3) is 0.714. The number of rotatable bonds is 5. The third kappa shape index (κ3) is 4.84. The molecule has 1 fully saturated rings. The van der Waals surface area contributed by atoms with Crippen molar-refractivity contribution in [1.29, 1.82) is 0 Å². The third-order valence-corrected chi connectivity index (χ3v) is 5.53. The van der Waals surface area contributed by atoms with Crippen molar-refractivity contribution in [2.24, 2.45) is 0 Å². The molecule has 7 heteroatoms. The second-order valence-electron chi connectivity index (χ2n) is 5.62. The molecule has 0 saturated heterocycles. The number of carbonyl (C=O) groups excluding carboxylic acids is 1. The van der Waals surface area contributed by atoms with Crippen LogP contribution in [0, 0.1) is 0 Å². The van der Waals surface area contributed by atoms with E-state index in [4.69, 9.17) is 0 Å². The molecule has 1 aliphatic carbocycles. The van der Waals surface area contributed by atoms with Gasteiger partial charge in [-0.15, -0.1) is 0 Å². The molecule has 0 unspecified atom stereocenters. The standard InChI is InChI=1S/C14H23N3O3S/c1-2-21(19,20)10-14(18)15-13-9-12(16-17-13)11-7-5-3-4-6-8-11/h9,11H,2-8,10H2,1H3,(H2,15,16,17,18). The Morgan fingerprint density at radius 1 is 1.33 bits per heavy atom. The zero-order valence-corrected chi connectivity index (χ0v) is 13.2. The van der Waals surface area contributed by atoms with Crippen LogP contribution in [0.4, 0.5) is 5.82 Å². The molecule has 0 radical (unpaired) electrons. The van der Waals surface area contributed by atoms with Gasteiger partial charge in [0.1, 0.15) is 5.75 Å². The molecule has 1 aromatic rings. The molecule has 1 amide bonds. The minimum absolute atomic E-state index is 0.0334. The molecule has 0 atom stereocenters. The number of H-pyrrole nitrogens is 1. The van der Waals surface area contributed by atoms with E-state index in [1.165, 1.54) is 32.6 Å². The van der Waals surface area contributed by atoms with Gasteiger partial charge in [-0.25, -0.2) is 8.42 Å². The Hall–Kier alpha value is -1.37. The van der Waals surface area contributed by atoms with Gasteiger partial charge in [0.2, 0.25) is 5.91 Å². The zero-order valence-electron chi connectivity index (χ0n) is 12.4. The number of anilines is 1. The maximum absolute atomic E-state index is 11.7. The first-order valence-corrected chi connectivity index (χ1v) is 9.38. The highest BCUT2D eigenvalue weighted by Crippen LogP contribution is 2.31. The van der Waals surface area contributed by atoms with Crippen LogP contribution in [0.1, 0.15) is 57.1 Å². The number of sulfone groups is 1. The van der Waals surface area contributed by atoms with Crippen LogP contribution in [-0.2, 0) is 14.6 Å². The molecule has 6 nitrogen and oxygen atoms in total. The third-order valence-electron chi connectivity index (χ3n) is 3.95. The van der Waals surface area contributed by atoms with Crippen LogP contribution in [0.5, 0.6) is 0 Å². The van der Waals surface area contributed by atoms with Gasteiger partial charge < -0.3 is 5.32 Å². The van der Waals surface area contributed by atoms with Crippen molar-refractivity contribution in [1.82, 2.24) is 10.2 Å². The quantitative estimate of drug-likeness (QED) is 0.815. The number of carbonyl (C=O) groups is 1. The van der Waals surface area contributed by atoms with Crippen LogP contribution in [0.2, 0.25) is 0 Å². The Labute approximate surface area is 125 Å². The van der Waals surface area contributed by atoms with Crippen LogP contribution in [0.3, 0.4) is 0 Å². The highest BCUT2D eigenvalue weighted by atomic mass is 32.2. The zero-order chi connectivity index (χ0) is 15.3. The van der Waals surface area contributed by atoms with Gasteiger partial charge in [0.05, 0.1) is 0 Å². The van der Waals surface area contributed by atoms with E-state index in [9.17, 15) is 13.2 Å². The van der Waals surface area contributed by atoms with Gasteiger partial charge in [0.15, 0.2) is 15.7 Å². The normalized spacial score (nSPS) is 17.4. The van der Waals surface area contributed by atoms with Crippen molar-refractivity contribution >= 4 is 21.6 Å². The van der Waals surface area contributed by atoms with Crippen LogP contribution < -0.4 is 5.32 Å². The summed E-state index contributed by atoms with van der Waals surface area (Å²) in [5, 5.41) is 9.58. The van der Waals surface area contributed by atoms with E-state index in [-0.39, 0.29) is 5.75 Å². The summed E-state index contributed by atoms with van der Waals surface area (Å²) in [6.07, 6.45) is 7.28. The van der Waals surface area contributed by atoms with Gasteiger partial charge in [-0.3, -0.25) is 9.89 Å². The summed E-state index contributed by atoms with van der Waals surface area (Å²) in [4.78, 5) is 11.7. The number of aromatic amines is 1. The maximum atomic E-state index is 11.7. The van der Waals surface area contributed by atoms with E-state index in [1.54, 1.807) is 0 Å². The lowest BCUT2D eigenvalue weighted by Crippen LogP contribution is -2.24. The number of hydrogen-bond donors (Lipinski definition) is 2. The number of aromatic nitrogens is 2. The fourth-order valence-electron chi connectivity index (χ4n) is 2.68. The molecule has 21 heavy (non-hydrogen) atoms. The van der Waals surface area contributed by atoms with E-state index in [1.807, 2.05) is 6.07 Å². The Bertz CT molecular complexity index is 572. The molecule has 2 N–H and O–H groups in total. The first-order valence-electron chi connectivity index (χ1n) is 7.56. The van der Waals surface area contributed by atoms with E-state index in [0.717, 1.165) is 18.5 Å². The number of nitrogens with one attached hydrogen (secondary N) is 2. The summed E-state index contributed by atoms with van der Waals surface area (Å²) in [5.41, 5.74) is 1.03. The lowest BCUT2D eigenvalue weighted by atomic mass is 9.97. The molecular formula is C14H23N3O3S. The van der Waals surface area contributed by atoms with Crippen molar-refractivity contribution in [3.63, 3.8) is 0 Å². The largest absolute Gasteiger partial charge is 0.308 e. The van der Waals surface area contributed by atoms with Gasteiger partial charge in [0, 0.05) is 23.4 Å². The van der Waals surface area contributed by atoms with Crippen molar-refractivity contribution in [2.45, 2.75) is 51.4 Å². The summed E-state index contributed by atoms with van der Waals surface area (Å²) in [6, 6.07) is 1.83. The summed E-state index contributed by atoms with van der Waals surface area (Å²) in [7, 11) is -3.31. The van der Waals surface area contributed by atoms with Crippen LogP contribution in [0.15, 0.2) is 6.07 Å². The lowest BCUT2D eigenvalue weighted by Gasteiger charge is -2.10. The Morgan fingerprint density at radius 2 is 2.00 bits per heavy atom. The predicted molar refractivity (Wildman–Crippen MR) is 82.0 cm³/mol. The molecule has 1 aliphatic rings. The smallest absolute Gasteiger partial charge is 0.240 e. The highest BCUT2D eigenvalue weighted by molar-refractivity contribution is 7.92. The minimum Gasteiger partial charge on any atom is -0.308 e. The van der Waals surface area contributed by atoms with Crippen LogP contribution in [0.25, 0.3) is 0 Å². The molecule has 0 aromatic carbocycles. The van der Waals surface area contributed by atoms with E-state index in [0.29, 0.717) is 11.7 Å². The van der Waals surface area contributed by atoms with Gasteiger partial charge in [0.25, 0.3) is 0 Å². The second-order valence-corrected chi connectivity index (χ2v) is 7.97. The van der Waals surface area contributed by atoms with E-state index < -0.39 is 21.5 Å². The van der Waals surface area contributed by atoms with E-state index in [2.05, 4.69) is 15.5 Å². The van der Waals surface area contributed by atoms with Crippen LogP contribution in [-0.4, -0.2) is 36.0 Å². The molecule has 1 saturated carbocycles. The molecule has 1 aromatic heterocycles. The van der Waals surface area contributed by atoms with E-state index >= 15 is 0 Å². The highest BCUT2D eigenvalue weighted by Gasteiger charge is 2.19. The summed E-state index contributed by atoms with van der Waals surface area (Å²) >= 11 is 0. The molecule has 0 aliphatic heterocycles. The van der Waals surface area contributed by atoms with Crippen LogP contribution >= 0.6 is 0 Å². The average molecular weight is 313 g/mol. The first kappa shape index (κ1) is 16.0. The summed E-state index contributed by atoms with van der Waals surface area (Å²) in [5.74, 6) is -0.185. The second kappa shape index (κ2) is 7.06. The number of amides is 1. The Morgan fingerprint density at radius 3 is 2.62 bits per heavy atom. The Balaban J connectivity index is 1.95. The topological polar surface area (TPSA) is 91.9 Å². The van der Waals surface area contributed by atoms with Crippen molar-refractivity contribution in [3.8, 4) is 0 Å². The van der Waals surface area contributed by atoms with Gasteiger partial charge in [-0.2, -0.15) is 5.10 Å². The average Bonchev–Trinajstić information content (AvgIpc) is 2.72. The molecule has 2 rings (SSSR count). The van der Waals surface area contributed by atoms with Gasteiger partial charge >= 0.3 is 0 Å². The summed E-state index contributed by atoms with van der Waals surface area (Å²) in [6.45, 7) is 1.53. The molecule has 1 heterocycles. The monoisotopic (exact) mass is 313 g/mol. The minimum atomic E-state index is -3.31. The molecule has 0 bridgehead atoms. The van der Waals surface area contributed by atoms with Gasteiger partial charge in [-0.1, -0.05) is 32.6 Å². The maximum Gasteiger partial charge on any atom is 0.240 e.